The van der Waals surface area contributed by atoms with Crippen LogP contribution in [0.4, 0.5) is 13.2 Å². The Kier molecular flexibility index (Phi) is 9.36. The minimum Gasteiger partial charge on any atom is -0.308 e. The first-order valence-corrected chi connectivity index (χ1v) is 21.3. The summed E-state index contributed by atoms with van der Waals surface area (Å²) in [6.07, 6.45) is 8.56. The maximum Gasteiger partial charge on any atom is 0.417 e. The average molecular weight is 890 g/mol. The van der Waals surface area contributed by atoms with Gasteiger partial charge in [-0.05, 0) is 77.9 Å². The molecule has 0 atom stereocenters. The van der Waals surface area contributed by atoms with Crippen LogP contribution in [0.25, 0.3) is 112 Å². The molecule has 0 saturated carbocycles. The molecule has 0 fully saturated rings. The number of nitrogens with zero attached hydrogens (tertiary/aromatic N) is 11. The summed E-state index contributed by atoms with van der Waals surface area (Å²) in [5, 5.41) is 15.0. The maximum atomic E-state index is 15.2. The van der Waals surface area contributed by atoms with Crippen molar-refractivity contribution in [1.82, 2.24) is 49.0 Å². The van der Waals surface area contributed by atoms with Crippen LogP contribution in [-0.2, 0) is 6.18 Å². The molecule has 11 nitrogen and oxygen atoms in total. The molecule has 12 rings (SSSR count). The minimum atomic E-state index is -4.71. The Morgan fingerprint density at radius 1 is 0.382 bits per heavy atom. The Labute approximate surface area is 384 Å². The van der Waals surface area contributed by atoms with E-state index in [0.29, 0.717) is 79.0 Å². The number of halogens is 3. The van der Waals surface area contributed by atoms with Gasteiger partial charge in [0.15, 0.2) is 23.3 Å². The van der Waals surface area contributed by atoms with E-state index in [0.717, 1.165) is 27.6 Å². The highest BCUT2D eigenvalue weighted by atomic mass is 19.4. The molecule has 0 spiro atoms. The van der Waals surface area contributed by atoms with Crippen LogP contribution < -0.4 is 0 Å². The smallest absolute Gasteiger partial charge is 0.308 e. The fourth-order valence-electron chi connectivity index (χ4n) is 9.12. The summed E-state index contributed by atoms with van der Waals surface area (Å²) in [6.45, 7) is 0. The third-order valence-electron chi connectivity index (χ3n) is 12.1. The summed E-state index contributed by atoms with van der Waals surface area (Å²) in [5.74, 6) is 1.89. The predicted octanol–water partition coefficient (Wildman–Crippen LogP) is 12.3. The molecule has 0 aliphatic heterocycles. The summed E-state index contributed by atoms with van der Waals surface area (Å²) in [6, 6.07) is 41.7. The number of hydrogen-bond acceptors (Lipinski definition) is 9. The molecule has 0 aliphatic carbocycles. The summed E-state index contributed by atoms with van der Waals surface area (Å²) < 4.78 is 49.4. The van der Waals surface area contributed by atoms with E-state index >= 15 is 13.2 Å². The normalized spacial score (nSPS) is 11.7. The molecule has 14 heteroatoms. The van der Waals surface area contributed by atoms with Crippen LogP contribution in [0, 0.1) is 11.3 Å². The lowest BCUT2D eigenvalue weighted by Gasteiger charge is -2.20. The van der Waals surface area contributed by atoms with E-state index in [1.807, 2.05) is 81.9 Å². The van der Waals surface area contributed by atoms with Crippen LogP contribution >= 0.6 is 0 Å². The van der Waals surface area contributed by atoms with E-state index < -0.39 is 11.7 Å². The molecule has 0 aliphatic rings. The number of fused-ring (bicyclic) bond motifs is 6. The van der Waals surface area contributed by atoms with Crippen molar-refractivity contribution < 1.29 is 13.2 Å². The highest BCUT2D eigenvalue weighted by Crippen LogP contribution is 2.44. The molecule has 6 heterocycles. The second-order valence-electron chi connectivity index (χ2n) is 15.9. The van der Waals surface area contributed by atoms with E-state index in [2.05, 4.69) is 45.9 Å². The van der Waals surface area contributed by atoms with Gasteiger partial charge in [0.2, 0.25) is 0 Å². The van der Waals surface area contributed by atoms with E-state index in [1.165, 1.54) is 12.1 Å². The van der Waals surface area contributed by atoms with Gasteiger partial charge in [-0.25, -0.2) is 39.9 Å². The largest absolute Gasteiger partial charge is 0.417 e. The molecule has 0 bridgehead atoms. The van der Waals surface area contributed by atoms with Gasteiger partial charge >= 0.3 is 6.18 Å². The van der Waals surface area contributed by atoms with Crippen molar-refractivity contribution in [2.75, 3.05) is 0 Å². The van der Waals surface area contributed by atoms with Gasteiger partial charge in [-0.1, -0.05) is 66.7 Å². The molecular weight excluding hydrogens is 860 g/mol. The molecule has 0 radical (unpaired) electrons. The van der Waals surface area contributed by atoms with Crippen molar-refractivity contribution in [3.63, 3.8) is 0 Å². The maximum absolute atomic E-state index is 15.2. The summed E-state index contributed by atoms with van der Waals surface area (Å²) in [5.41, 5.74) is 5.59. The number of hydrogen-bond donors (Lipinski definition) is 0. The van der Waals surface area contributed by atoms with Crippen LogP contribution in [0.1, 0.15) is 11.1 Å². The zero-order valence-corrected chi connectivity index (χ0v) is 35.4. The highest BCUT2D eigenvalue weighted by molar-refractivity contribution is 6.13. The molecule has 322 valence electrons. The van der Waals surface area contributed by atoms with Crippen molar-refractivity contribution in [3.05, 3.63) is 194 Å². The van der Waals surface area contributed by atoms with Crippen molar-refractivity contribution in [2.45, 2.75) is 6.18 Å². The summed E-state index contributed by atoms with van der Waals surface area (Å²) in [7, 11) is 0. The summed E-state index contributed by atoms with van der Waals surface area (Å²) in [4.78, 5) is 36.3. The lowest BCUT2D eigenvalue weighted by molar-refractivity contribution is -0.137. The van der Waals surface area contributed by atoms with Gasteiger partial charge in [0.25, 0.3) is 0 Å². The fourth-order valence-corrected chi connectivity index (χ4v) is 9.12. The molecule has 12 aromatic rings. The SMILES string of the molecule is N#Cc1c(-n2c3cc(-c4ncccn4)ccc3c3ccc(-c4ncccn4)cc32)cc(-c2ccccc2C(F)(F)F)cc1-n1c2cc(-c3ncccn3)ccc2c2ccc(-c3ncccn3)cc21. The third-order valence-corrected chi connectivity index (χ3v) is 12.1. The van der Waals surface area contributed by atoms with Gasteiger partial charge < -0.3 is 9.13 Å². The fraction of sp³-hybridized carbons (Fsp3) is 0.0185. The van der Waals surface area contributed by atoms with Gasteiger partial charge in [0.1, 0.15) is 11.6 Å². The first kappa shape index (κ1) is 40.1. The number of rotatable bonds is 7. The van der Waals surface area contributed by atoms with Crippen LogP contribution in [0.3, 0.4) is 0 Å². The lowest BCUT2D eigenvalue weighted by Crippen LogP contribution is -2.09. The Balaban J connectivity index is 1.25. The zero-order valence-electron chi connectivity index (χ0n) is 35.4. The standard InChI is InChI=1S/C54H30F3N11/c55-54(56,57)43-8-2-1-7-37(43)36-29-48(67-44-25-32(50-59-17-3-18-60-50)9-13-38(44)39-14-10-33(26-45(39)67)51-61-19-4-20-62-51)42(31-58)49(30-36)68-46-27-34(52-63-21-5-22-64-52)11-15-40(46)41-16-12-35(28-47(41)68)53-65-23-6-24-66-53/h1-30H. The summed E-state index contributed by atoms with van der Waals surface area (Å²) >= 11 is 0. The second kappa shape index (κ2) is 15.9. The van der Waals surface area contributed by atoms with Crippen LogP contribution in [0.2, 0.25) is 0 Å². The third kappa shape index (κ3) is 6.68. The van der Waals surface area contributed by atoms with Crippen LogP contribution in [0.15, 0.2) is 183 Å². The Bertz CT molecular complexity index is 3550. The molecule has 0 N–H and O–H groups in total. The molecule has 6 aromatic carbocycles. The van der Waals surface area contributed by atoms with E-state index in [9.17, 15) is 5.26 Å². The quantitative estimate of drug-likeness (QED) is 0.153. The lowest BCUT2D eigenvalue weighted by atomic mass is 9.96. The monoisotopic (exact) mass is 889 g/mol. The number of alkyl halides is 3. The van der Waals surface area contributed by atoms with Gasteiger partial charge in [0, 0.05) is 93.4 Å². The zero-order chi connectivity index (χ0) is 45.9. The highest BCUT2D eigenvalue weighted by Gasteiger charge is 2.34. The van der Waals surface area contributed by atoms with E-state index in [4.69, 9.17) is 0 Å². The number of nitriles is 1. The molecule has 68 heavy (non-hydrogen) atoms. The van der Waals surface area contributed by atoms with Crippen molar-refractivity contribution in [2.24, 2.45) is 0 Å². The van der Waals surface area contributed by atoms with E-state index in [-0.39, 0.29) is 16.7 Å². The van der Waals surface area contributed by atoms with Gasteiger partial charge in [0.05, 0.1) is 39.0 Å². The molecular formula is C54H30F3N11. The molecule has 0 unspecified atom stereocenters. The second-order valence-corrected chi connectivity index (χ2v) is 15.9. The number of aromatic nitrogens is 10. The van der Waals surface area contributed by atoms with Crippen molar-refractivity contribution in [1.29, 1.82) is 5.26 Å². The van der Waals surface area contributed by atoms with Gasteiger partial charge in [-0.3, -0.25) is 0 Å². The predicted molar refractivity (Wildman–Crippen MR) is 254 cm³/mol. The Hall–Kier alpha value is -9.48. The van der Waals surface area contributed by atoms with Crippen LogP contribution in [-0.4, -0.2) is 49.0 Å². The minimum absolute atomic E-state index is 0.0676. The molecule has 0 amide bonds. The Morgan fingerprint density at radius 2 is 0.706 bits per heavy atom. The topological polar surface area (TPSA) is 137 Å². The average Bonchev–Trinajstić information content (AvgIpc) is 3.90. The first-order chi connectivity index (χ1) is 33.3. The van der Waals surface area contributed by atoms with Crippen LogP contribution in [0.5, 0.6) is 0 Å². The van der Waals surface area contributed by atoms with Crippen molar-refractivity contribution in [3.8, 4) is 74.1 Å². The molecule has 0 saturated heterocycles. The van der Waals surface area contributed by atoms with Gasteiger partial charge in [-0.2, -0.15) is 18.4 Å². The number of benzene rings is 6. The first-order valence-electron chi connectivity index (χ1n) is 21.3. The van der Waals surface area contributed by atoms with Crippen molar-refractivity contribution >= 4 is 43.6 Å². The van der Waals surface area contributed by atoms with Gasteiger partial charge in [-0.15, -0.1) is 0 Å². The Morgan fingerprint density at radius 3 is 1.01 bits per heavy atom. The molecule has 6 aromatic heterocycles. The van der Waals surface area contributed by atoms with E-state index in [1.54, 1.807) is 92.0 Å².